The lowest BCUT2D eigenvalue weighted by molar-refractivity contribution is -0.128. The molecule has 1 aromatic carbocycles. The van der Waals surface area contributed by atoms with Crippen molar-refractivity contribution in [3.63, 3.8) is 0 Å². The van der Waals surface area contributed by atoms with E-state index in [2.05, 4.69) is 5.32 Å². The summed E-state index contributed by atoms with van der Waals surface area (Å²) >= 11 is 0. The smallest absolute Gasteiger partial charge is 0.246 e. The van der Waals surface area contributed by atoms with Crippen LogP contribution in [0.5, 0.6) is 0 Å². The first-order chi connectivity index (χ1) is 11.2. The molecule has 1 atom stereocenters. The fraction of sp³-hybridized carbons (Fsp3) is 0.500. The molecule has 1 aliphatic rings. The summed E-state index contributed by atoms with van der Waals surface area (Å²) < 4.78 is 16.8. The molecule has 1 saturated heterocycles. The van der Waals surface area contributed by atoms with Crippen molar-refractivity contribution >= 4 is 16.9 Å². The molecule has 1 fully saturated rings. The number of para-hydroxylation sites is 1. The Balaban J connectivity index is 1.43. The number of aryl methyl sites for hydroxylation is 1. The van der Waals surface area contributed by atoms with E-state index in [1.165, 1.54) is 6.42 Å². The van der Waals surface area contributed by atoms with E-state index in [-0.39, 0.29) is 18.6 Å². The summed E-state index contributed by atoms with van der Waals surface area (Å²) in [5.74, 6) is 0.649. The maximum Gasteiger partial charge on any atom is 0.246 e. The summed E-state index contributed by atoms with van der Waals surface area (Å²) in [7, 11) is 0. The van der Waals surface area contributed by atoms with Gasteiger partial charge >= 0.3 is 0 Å². The number of hydrogen-bond acceptors (Lipinski definition) is 4. The molecule has 0 spiro atoms. The van der Waals surface area contributed by atoms with E-state index in [0.717, 1.165) is 41.7 Å². The van der Waals surface area contributed by atoms with Crippen molar-refractivity contribution in [1.29, 1.82) is 0 Å². The van der Waals surface area contributed by atoms with Gasteiger partial charge in [-0.3, -0.25) is 4.79 Å². The lowest BCUT2D eigenvalue weighted by atomic mass is 10.1. The number of ether oxygens (including phenoxy) is 2. The van der Waals surface area contributed by atoms with Gasteiger partial charge in [-0.1, -0.05) is 18.2 Å². The molecule has 0 aliphatic carbocycles. The predicted molar refractivity (Wildman–Crippen MR) is 87.2 cm³/mol. The lowest BCUT2D eigenvalue weighted by Crippen LogP contribution is -2.30. The molecule has 0 bridgehead atoms. The van der Waals surface area contributed by atoms with E-state index in [9.17, 15) is 4.79 Å². The van der Waals surface area contributed by atoms with Gasteiger partial charge in [-0.2, -0.15) is 0 Å². The minimum Gasteiger partial charge on any atom is -0.459 e. The predicted octanol–water partition coefficient (Wildman–Crippen LogP) is 2.94. The minimum atomic E-state index is -0.138. The fourth-order valence-corrected chi connectivity index (χ4v) is 2.85. The Hall–Kier alpha value is -1.85. The molecule has 2 heterocycles. The number of carbonyl (C=O) groups is 1. The topological polar surface area (TPSA) is 60.7 Å². The standard InChI is InChI=1S/C18H23NO4/c1-13-15-7-2-3-8-16(15)23-17(13)10-19-18(20)12-21-11-14-6-4-5-9-22-14/h2-3,7-8,14H,4-6,9-12H2,1H3,(H,19,20). The zero-order valence-corrected chi connectivity index (χ0v) is 13.5. The van der Waals surface area contributed by atoms with Crippen LogP contribution in [-0.2, 0) is 20.8 Å². The Kier molecular flexibility index (Phi) is 5.31. The molecule has 124 valence electrons. The first kappa shape index (κ1) is 16.0. The highest BCUT2D eigenvalue weighted by Gasteiger charge is 2.15. The van der Waals surface area contributed by atoms with Gasteiger partial charge in [-0.25, -0.2) is 0 Å². The number of carbonyl (C=O) groups excluding carboxylic acids is 1. The Morgan fingerprint density at radius 3 is 3.00 bits per heavy atom. The molecule has 23 heavy (non-hydrogen) atoms. The first-order valence-electron chi connectivity index (χ1n) is 8.17. The van der Waals surface area contributed by atoms with Crippen LogP contribution < -0.4 is 5.32 Å². The Labute approximate surface area is 135 Å². The SMILES string of the molecule is Cc1c(CNC(=O)COCC2CCCCO2)oc2ccccc12. The third-order valence-electron chi connectivity index (χ3n) is 4.20. The van der Waals surface area contributed by atoms with Crippen LogP contribution >= 0.6 is 0 Å². The third-order valence-corrected chi connectivity index (χ3v) is 4.20. The van der Waals surface area contributed by atoms with Crippen LogP contribution in [-0.4, -0.2) is 31.8 Å². The second-order valence-corrected chi connectivity index (χ2v) is 5.93. The molecule has 5 heteroatoms. The maximum atomic E-state index is 11.9. The molecule has 1 unspecified atom stereocenters. The average Bonchev–Trinajstić information content (AvgIpc) is 2.90. The molecule has 1 N–H and O–H groups in total. The highest BCUT2D eigenvalue weighted by atomic mass is 16.5. The third kappa shape index (κ3) is 4.12. The van der Waals surface area contributed by atoms with E-state index in [4.69, 9.17) is 13.9 Å². The second kappa shape index (κ2) is 7.62. The summed E-state index contributed by atoms with van der Waals surface area (Å²) in [5.41, 5.74) is 1.91. The fourth-order valence-electron chi connectivity index (χ4n) is 2.85. The van der Waals surface area contributed by atoms with Gasteiger partial charge < -0.3 is 19.2 Å². The van der Waals surface area contributed by atoms with Crippen molar-refractivity contribution in [3.05, 3.63) is 35.6 Å². The zero-order valence-electron chi connectivity index (χ0n) is 13.5. The van der Waals surface area contributed by atoms with E-state index in [0.29, 0.717) is 13.2 Å². The van der Waals surface area contributed by atoms with Gasteiger partial charge in [0.05, 0.1) is 19.3 Å². The van der Waals surface area contributed by atoms with Gasteiger partial charge in [0.2, 0.25) is 5.91 Å². The highest BCUT2D eigenvalue weighted by Crippen LogP contribution is 2.24. The molecule has 3 rings (SSSR count). The Morgan fingerprint density at radius 1 is 1.35 bits per heavy atom. The molecular formula is C18H23NO4. The van der Waals surface area contributed by atoms with Crippen molar-refractivity contribution in [1.82, 2.24) is 5.32 Å². The first-order valence-corrected chi connectivity index (χ1v) is 8.17. The molecule has 1 amide bonds. The second-order valence-electron chi connectivity index (χ2n) is 5.93. The summed E-state index contributed by atoms with van der Waals surface area (Å²) in [6.07, 6.45) is 3.44. The number of nitrogens with one attached hydrogen (secondary N) is 1. The molecule has 1 aliphatic heterocycles. The van der Waals surface area contributed by atoms with E-state index < -0.39 is 0 Å². The van der Waals surface area contributed by atoms with Crippen LogP contribution in [0.1, 0.15) is 30.6 Å². The molecular weight excluding hydrogens is 294 g/mol. The van der Waals surface area contributed by atoms with Gasteiger partial charge in [-0.05, 0) is 32.3 Å². The van der Waals surface area contributed by atoms with Crippen LogP contribution in [0.3, 0.4) is 0 Å². The minimum absolute atomic E-state index is 0.0547. The molecule has 1 aromatic heterocycles. The maximum absolute atomic E-state index is 11.9. The number of hydrogen-bond donors (Lipinski definition) is 1. The van der Waals surface area contributed by atoms with Gasteiger partial charge in [0.25, 0.3) is 0 Å². The number of furan rings is 1. The van der Waals surface area contributed by atoms with Crippen LogP contribution in [0, 0.1) is 6.92 Å². The van der Waals surface area contributed by atoms with Crippen LogP contribution in [0.2, 0.25) is 0 Å². The number of benzene rings is 1. The van der Waals surface area contributed by atoms with E-state index in [1.807, 2.05) is 31.2 Å². The number of amides is 1. The van der Waals surface area contributed by atoms with Crippen LogP contribution in [0.4, 0.5) is 0 Å². The Morgan fingerprint density at radius 2 is 2.22 bits per heavy atom. The van der Waals surface area contributed by atoms with Gasteiger partial charge in [0, 0.05) is 17.6 Å². The average molecular weight is 317 g/mol. The van der Waals surface area contributed by atoms with Gasteiger partial charge in [0.1, 0.15) is 18.0 Å². The van der Waals surface area contributed by atoms with E-state index in [1.54, 1.807) is 0 Å². The zero-order chi connectivity index (χ0) is 16.1. The summed E-state index contributed by atoms with van der Waals surface area (Å²) in [6.45, 7) is 3.72. The number of fused-ring (bicyclic) bond motifs is 1. The monoisotopic (exact) mass is 317 g/mol. The summed E-state index contributed by atoms with van der Waals surface area (Å²) in [4.78, 5) is 11.9. The van der Waals surface area contributed by atoms with Crippen LogP contribution in [0.25, 0.3) is 11.0 Å². The normalized spacial score (nSPS) is 18.2. The van der Waals surface area contributed by atoms with Crippen molar-refractivity contribution in [3.8, 4) is 0 Å². The Bertz CT molecular complexity index is 658. The van der Waals surface area contributed by atoms with Gasteiger partial charge in [-0.15, -0.1) is 0 Å². The molecule has 0 saturated carbocycles. The molecule has 2 aromatic rings. The van der Waals surface area contributed by atoms with Crippen LogP contribution in [0.15, 0.2) is 28.7 Å². The summed E-state index contributed by atoms with van der Waals surface area (Å²) in [5, 5.41) is 3.93. The number of rotatable bonds is 6. The lowest BCUT2D eigenvalue weighted by Gasteiger charge is -2.22. The summed E-state index contributed by atoms with van der Waals surface area (Å²) in [6, 6.07) is 7.87. The molecule has 5 nitrogen and oxygen atoms in total. The van der Waals surface area contributed by atoms with Crippen molar-refractivity contribution in [2.24, 2.45) is 0 Å². The van der Waals surface area contributed by atoms with Crippen molar-refractivity contribution in [2.45, 2.75) is 38.8 Å². The van der Waals surface area contributed by atoms with Crippen molar-refractivity contribution < 1.29 is 18.7 Å². The van der Waals surface area contributed by atoms with Crippen molar-refractivity contribution in [2.75, 3.05) is 19.8 Å². The van der Waals surface area contributed by atoms with E-state index >= 15 is 0 Å². The highest BCUT2D eigenvalue weighted by molar-refractivity contribution is 5.82. The quantitative estimate of drug-likeness (QED) is 0.890. The molecule has 0 radical (unpaired) electrons. The van der Waals surface area contributed by atoms with Gasteiger partial charge in [0.15, 0.2) is 0 Å². The largest absolute Gasteiger partial charge is 0.459 e.